The van der Waals surface area contributed by atoms with Crippen LogP contribution in [0.4, 0.5) is 5.69 Å². The van der Waals surface area contributed by atoms with E-state index in [1.807, 2.05) is 55.6 Å². The normalized spacial score (nSPS) is 12.5. The van der Waals surface area contributed by atoms with Crippen molar-refractivity contribution in [2.75, 3.05) is 25.4 Å². The van der Waals surface area contributed by atoms with Gasteiger partial charge in [-0.2, -0.15) is 0 Å². The van der Waals surface area contributed by atoms with Gasteiger partial charge in [-0.25, -0.2) is 8.42 Å². The number of sulfonamides is 1. The molecule has 0 saturated heterocycles. The number of hydrogen-bond acceptors (Lipinski definition) is 5. The van der Waals surface area contributed by atoms with Crippen LogP contribution in [0.2, 0.25) is 0 Å². The molecule has 0 radical (unpaired) electrons. The maximum absolute atomic E-state index is 12.9. The van der Waals surface area contributed by atoms with E-state index in [9.17, 15) is 13.2 Å². The van der Waals surface area contributed by atoms with Gasteiger partial charge in [-0.1, -0.05) is 30.3 Å². The van der Waals surface area contributed by atoms with Crippen molar-refractivity contribution in [3.63, 3.8) is 0 Å². The van der Waals surface area contributed by atoms with E-state index >= 15 is 0 Å². The van der Waals surface area contributed by atoms with Crippen LogP contribution in [0.1, 0.15) is 32.4 Å². The molecule has 0 aliphatic carbocycles. The molecule has 2 aromatic carbocycles. The third-order valence-corrected chi connectivity index (χ3v) is 7.44. The van der Waals surface area contributed by atoms with Crippen LogP contribution in [-0.2, 0) is 10.0 Å². The molecule has 1 unspecified atom stereocenters. The lowest BCUT2D eigenvalue weighted by Crippen LogP contribution is -2.34. The molecule has 0 fully saturated rings. The van der Waals surface area contributed by atoms with Crippen molar-refractivity contribution >= 4 is 33.0 Å². The zero-order valence-electron chi connectivity index (χ0n) is 18.0. The number of nitrogens with one attached hydrogen (secondary N) is 2. The Kier molecular flexibility index (Phi) is 7.15. The van der Waals surface area contributed by atoms with E-state index in [1.54, 1.807) is 36.5 Å². The molecule has 0 saturated carbocycles. The molecule has 0 bridgehead atoms. The first-order valence-corrected chi connectivity index (χ1v) is 12.2. The number of para-hydroxylation sites is 1. The number of amides is 1. The Morgan fingerprint density at radius 2 is 1.77 bits per heavy atom. The minimum Gasteiger partial charge on any atom is -0.350 e. The van der Waals surface area contributed by atoms with Crippen LogP contribution in [0, 0.1) is 13.8 Å². The van der Waals surface area contributed by atoms with Gasteiger partial charge in [0.15, 0.2) is 0 Å². The summed E-state index contributed by atoms with van der Waals surface area (Å²) in [5.74, 6) is -0.297. The molecule has 1 atom stereocenters. The second-order valence-electron chi connectivity index (χ2n) is 7.60. The fourth-order valence-electron chi connectivity index (χ4n) is 3.21. The number of benzene rings is 2. The Hall–Kier alpha value is -2.68. The molecule has 1 heterocycles. The van der Waals surface area contributed by atoms with Crippen LogP contribution in [0.5, 0.6) is 0 Å². The van der Waals surface area contributed by atoms with Crippen LogP contribution in [0.3, 0.4) is 0 Å². The van der Waals surface area contributed by atoms with E-state index in [1.165, 1.54) is 12.1 Å². The molecule has 1 aromatic heterocycles. The Bertz CT molecular complexity index is 1160. The SMILES string of the molecule is Cc1ccccc1NS(=O)(=O)c1ccc(C)c(C(=O)NCC(c2cccs2)N(C)C)c1. The molecule has 0 aliphatic rings. The average Bonchev–Trinajstić information content (AvgIpc) is 3.24. The van der Waals surface area contributed by atoms with Crippen molar-refractivity contribution in [1.29, 1.82) is 0 Å². The molecule has 164 valence electrons. The van der Waals surface area contributed by atoms with Gasteiger partial charge in [-0.05, 0) is 68.7 Å². The van der Waals surface area contributed by atoms with Crippen LogP contribution < -0.4 is 10.0 Å². The Balaban J connectivity index is 1.80. The molecular formula is C23H27N3O3S2. The van der Waals surface area contributed by atoms with Gasteiger partial charge in [-0.15, -0.1) is 11.3 Å². The zero-order valence-corrected chi connectivity index (χ0v) is 19.7. The van der Waals surface area contributed by atoms with Crippen molar-refractivity contribution in [3.05, 3.63) is 81.5 Å². The number of carbonyl (C=O) groups excluding carboxylic acids is 1. The van der Waals surface area contributed by atoms with E-state index in [2.05, 4.69) is 10.0 Å². The minimum atomic E-state index is -3.83. The molecule has 0 aliphatic heterocycles. The van der Waals surface area contributed by atoms with Gasteiger partial charge in [0, 0.05) is 17.0 Å². The molecule has 3 rings (SSSR count). The van der Waals surface area contributed by atoms with Gasteiger partial charge in [0.1, 0.15) is 0 Å². The van der Waals surface area contributed by atoms with Crippen molar-refractivity contribution in [2.24, 2.45) is 0 Å². The topological polar surface area (TPSA) is 78.5 Å². The first-order valence-electron chi connectivity index (χ1n) is 9.86. The highest BCUT2D eigenvalue weighted by molar-refractivity contribution is 7.92. The number of thiophene rings is 1. The van der Waals surface area contributed by atoms with Gasteiger partial charge < -0.3 is 10.2 Å². The van der Waals surface area contributed by atoms with E-state index in [-0.39, 0.29) is 16.8 Å². The molecule has 2 N–H and O–H groups in total. The number of likely N-dealkylation sites (N-methyl/N-ethyl adjacent to an activating group) is 1. The first-order chi connectivity index (χ1) is 14.7. The predicted octanol–water partition coefficient (Wildman–Crippen LogP) is 4.20. The largest absolute Gasteiger partial charge is 0.350 e. The summed E-state index contributed by atoms with van der Waals surface area (Å²) in [7, 11) is 0.104. The maximum atomic E-state index is 12.9. The summed E-state index contributed by atoms with van der Waals surface area (Å²) >= 11 is 1.64. The van der Waals surface area contributed by atoms with Gasteiger partial charge in [0.25, 0.3) is 15.9 Å². The lowest BCUT2D eigenvalue weighted by atomic mass is 10.1. The lowest BCUT2D eigenvalue weighted by Gasteiger charge is -2.23. The molecule has 3 aromatic rings. The van der Waals surface area contributed by atoms with Crippen LogP contribution in [0.15, 0.2) is 64.9 Å². The van der Waals surface area contributed by atoms with Crippen LogP contribution in [0.25, 0.3) is 0 Å². The highest BCUT2D eigenvalue weighted by Gasteiger charge is 2.21. The van der Waals surface area contributed by atoms with Gasteiger partial charge >= 0.3 is 0 Å². The standard InChI is InChI=1S/C23H27N3O3S2/c1-16-11-12-18(31(28,29)25-20-9-6-5-8-17(20)2)14-19(16)23(27)24-15-21(26(3)4)22-10-7-13-30-22/h5-14,21,25H,15H2,1-4H3,(H,24,27). The number of nitrogens with zero attached hydrogens (tertiary/aromatic N) is 1. The number of carbonyl (C=O) groups is 1. The lowest BCUT2D eigenvalue weighted by molar-refractivity contribution is 0.0941. The second kappa shape index (κ2) is 9.64. The fourth-order valence-corrected chi connectivity index (χ4v) is 5.29. The number of aryl methyl sites for hydroxylation is 2. The molecule has 0 spiro atoms. The van der Waals surface area contributed by atoms with Crippen LogP contribution in [-0.4, -0.2) is 39.9 Å². The Morgan fingerprint density at radius 1 is 1.03 bits per heavy atom. The first kappa shape index (κ1) is 23.0. The van der Waals surface area contributed by atoms with Crippen molar-refractivity contribution in [2.45, 2.75) is 24.8 Å². The summed E-state index contributed by atoms with van der Waals surface area (Å²) in [4.78, 5) is 16.2. The number of rotatable bonds is 8. The Labute approximate surface area is 188 Å². The van der Waals surface area contributed by atoms with E-state index in [0.29, 0.717) is 23.4 Å². The molecular weight excluding hydrogens is 430 g/mol. The highest BCUT2D eigenvalue weighted by atomic mass is 32.2. The van der Waals surface area contributed by atoms with Crippen molar-refractivity contribution in [1.82, 2.24) is 10.2 Å². The summed E-state index contributed by atoms with van der Waals surface area (Å²) in [6.45, 7) is 4.05. The predicted molar refractivity (Wildman–Crippen MR) is 126 cm³/mol. The van der Waals surface area contributed by atoms with E-state index in [0.717, 1.165) is 10.4 Å². The van der Waals surface area contributed by atoms with Crippen LogP contribution >= 0.6 is 11.3 Å². The van der Waals surface area contributed by atoms with Gasteiger partial charge in [0.05, 0.1) is 16.6 Å². The average molecular weight is 458 g/mol. The molecule has 1 amide bonds. The smallest absolute Gasteiger partial charge is 0.261 e. The summed E-state index contributed by atoms with van der Waals surface area (Å²) in [5.41, 5.74) is 2.39. The fraction of sp³-hybridized carbons (Fsp3) is 0.261. The number of anilines is 1. The number of hydrogen-bond donors (Lipinski definition) is 2. The summed E-state index contributed by atoms with van der Waals surface area (Å²) in [6.07, 6.45) is 0. The van der Waals surface area contributed by atoms with Gasteiger partial charge in [0.2, 0.25) is 0 Å². The summed E-state index contributed by atoms with van der Waals surface area (Å²) < 4.78 is 28.4. The van der Waals surface area contributed by atoms with Gasteiger partial charge in [-0.3, -0.25) is 9.52 Å². The third kappa shape index (κ3) is 5.52. The monoisotopic (exact) mass is 457 g/mol. The minimum absolute atomic E-state index is 0.0406. The molecule has 8 heteroatoms. The molecule has 31 heavy (non-hydrogen) atoms. The van der Waals surface area contributed by atoms with E-state index in [4.69, 9.17) is 0 Å². The van der Waals surface area contributed by atoms with Crippen molar-refractivity contribution < 1.29 is 13.2 Å². The maximum Gasteiger partial charge on any atom is 0.261 e. The summed E-state index contributed by atoms with van der Waals surface area (Å²) in [6, 6.07) is 15.8. The third-order valence-electron chi connectivity index (χ3n) is 5.10. The molecule has 6 nitrogen and oxygen atoms in total. The van der Waals surface area contributed by atoms with Crippen molar-refractivity contribution in [3.8, 4) is 0 Å². The summed E-state index contributed by atoms with van der Waals surface area (Å²) in [5, 5.41) is 4.97. The Morgan fingerprint density at radius 3 is 2.42 bits per heavy atom. The second-order valence-corrected chi connectivity index (χ2v) is 10.3. The highest BCUT2D eigenvalue weighted by Crippen LogP contribution is 2.24. The quantitative estimate of drug-likeness (QED) is 0.531. The zero-order chi connectivity index (χ0) is 22.6. The van der Waals surface area contributed by atoms with E-state index < -0.39 is 10.0 Å².